The molecule has 0 bridgehead atoms. The second kappa shape index (κ2) is 4.88. The SMILES string of the molecule is CC(NC(=O)c1nnc(N)s1)c1ccncc1. The number of hydrogen-bond donors (Lipinski definition) is 2. The zero-order chi connectivity index (χ0) is 12.3. The van der Waals surface area contributed by atoms with Crippen molar-refractivity contribution in [2.45, 2.75) is 13.0 Å². The molecular weight excluding hydrogens is 238 g/mol. The number of nitrogens with two attached hydrogens (primary N) is 1. The Balaban J connectivity index is 2.04. The third-order valence-electron chi connectivity index (χ3n) is 2.19. The highest BCUT2D eigenvalue weighted by atomic mass is 32.1. The molecule has 0 aromatic carbocycles. The van der Waals surface area contributed by atoms with Crippen molar-refractivity contribution >= 4 is 22.4 Å². The van der Waals surface area contributed by atoms with Gasteiger partial charge < -0.3 is 11.1 Å². The van der Waals surface area contributed by atoms with Crippen molar-refractivity contribution in [2.75, 3.05) is 5.73 Å². The summed E-state index contributed by atoms with van der Waals surface area (Å²) < 4.78 is 0. The first-order valence-electron chi connectivity index (χ1n) is 4.96. The van der Waals surface area contributed by atoms with Crippen LogP contribution in [-0.2, 0) is 0 Å². The number of anilines is 1. The summed E-state index contributed by atoms with van der Waals surface area (Å²) in [5.41, 5.74) is 6.39. The number of nitrogens with zero attached hydrogens (tertiary/aromatic N) is 3. The minimum Gasteiger partial charge on any atom is -0.374 e. The van der Waals surface area contributed by atoms with Crippen molar-refractivity contribution in [3.63, 3.8) is 0 Å². The first-order chi connectivity index (χ1) is 8.16. The van der Waals surface area contributed by atoms with Crippen LogP contribution in [0.25, 0.3) is 0 Å². The summed E-state index contributed by atoms with van der Waals surface area (Å²) in [7, 11) is 0. The predicted molar refractivity (Wildman–Crippen MR) is 64.4 cm³/mol. The Hall–Kier alpha value is -2.02. The molecule has 17 heavy (non-hydrogen) atoms. The van der Waals surface area contributed by atoms with Gasteiger partial charge in [0.1, 0.15) is 0 Å². The summed E-state index contributed by atoms with van der Waals surface area (Å²) in [6.45, 7) is 1.89. The molecule has 2 heterocycles. The zero-order valence-electron chi connectivity index (χ0n) is 9.12. The van der Waals surface area contributed by atoms with E-state index in [0.29, 0.717) is 0 Å². The maximum Gasteiger partial charge on any atom is 0.282 e. The summed E-state index contributed by atoms with van der Waals surface area (Å²) in [6, 6.07) is 3.58. The molecule has 3 N–H and O–H groups in total. The van der Waals surface area contributed by atoms with Gasteiger partial charge in [0.15, 0.2) is 0 Å². The van der Waals surface area contributed by atoms with Crippen LogP contribution in [0, 0.1) is 0 Å². The average molecular weight is 249 g/mol. The third-order valence-corrected chi connectivity index (χ3v) is 2.94. The molecule has 0 aliphatic rings. The highest BCUT2D eigenvalue weighted by Gasteiger charge is 2.15. The topological polar surface area (TPSA) is 93.8 Å². The van der Waals surface area contributed by atoms with Crippen molar-refractivity contribution in [3.8, 4) is 0 Å². The van der Waals surface area contributed by atoms with E-state index < -0.39 is 0 Å². The Kier molecular flexibility index (Phi) is 3.29. The smallest absolute Gasteiger partial charge is 0.282 e. The van der Waals surface area contributed by atoms with E-state index in [0.717, 1.165) is 16.9 Å². The fourth-order valence-corrected chi connectivity index (χ4v) is 1.83. The van der Waals surface area contributed by atoms with Crippen LogP contribution in [0.4, 0.5) is 5.13 Å². The number of aromatic nitrogens is 3. The minimum absolute atomic E-state index is 0.115. The molecule has 1 amide bonds. The van der Waals surface area contributed by atoms with Gasteiger partial charge in [0.05, 0.1) is 6.04 Å². The van der Waals surface area contributed by atoms with Crippen molar-refractivity contribution in [3.05, 3.63) is 35.1 Å². The Morgan fingerprint density at radius 3 is 2.71 bits per heavy atom. The quantitative estimate of drug-likeness (QED) is 0.846. The molecule has 1 unspecified atom stereocenters. The number of pyridine rings is 1. The van der Waals surface area contributed by atoms with E-state index in [1.54, 1.807) is 12.4 Å². The third kappa shape index (κ3) is 2.76. The number of nitrogen functional groups attached to an aromatic ring is 1. The minimum atomic E-state index is -0.275. The van der Waals surface area contributed by atoms with Gasteiger partial charge in [0.25, 0.3) is 5.91 Å². The summed E-state index contributed by atoms with van der Waals surface area (Å²) in [6.07, 6.45) is 3.36. The predicted octanol–water partition coefficient (Wildman–Crippen LogP) is 1.01. The molecule has 0 saturated carbocycles. The molecule has 0 aliphatic heterocycles. The number of hydrogen-bond acceptors (Lipinski definition) is 6. The number of carbonyl (C=O) groups is 1. The maximum atomic E-state index is 11.8. The average Bonchev–Trinajstić information content (AvgIpc) is 2.77. The second-order valence-corrected chi connectivity index (χ2v) is 4.43. The lowest BCUT2D eigenvalue weighted by Gasteiger charge is -2.12. The molecule has 7 heteroatoms. The molecule has 0 saturated heterocycles. The van der Waals surface area contributed by atoms with E-state index in [1.807, 2.05) is 19.1 Å². The van der Waals surface area contributed by atoms with Crippen molar-refractivity contribution in [1.82, 2.24) is 20.5 Å². The van der Waals surface area contributed by atoms with Gasteiger partial charge in [-0.2, -0.15) is 0 Å². The lowest BCUT2D eigenvalue weighted by atomic mass is 10.1. The number of carbonyl (C=O) groups excluding carboxylic acids is 1. The van der Waals surface area contributed by atoms with E-state index in [9.17, 15) is 4.79 Å². The molecule has 0 spiro atoms. The van der Waals surface area contributed by atoms with E-state index >= 15 is 0 Å². The van der Waals surface area contributed by atoms with Crippen LogP contribution in [0.1, 0.15) is 28.3 Å². The van der Waals surface area contributed by atoms with Gasteiger partial charge in [-0.25, -0.2) is 0 Å². The van der Waals surface area contributed by atoms with Gasteiger partial charge in [0, 0.05) is 12.4 Å². The van der Waals surface area contributed by atoms with Crippen LogP contribution in [-0.4, -0.2) is 21.1 Å². The molecule has 0 fully saturated rings. The molecule has 88 valence electrons. The maximum absolute atomic E-state index is 11.8. The van der Waals surface area contributed by atoms with Gasteiger partial charge in [-0.15, -0.1) is 10.2 Å². The van der Waals surface area contributed by atoms with Gasteiger partial charge in [-0.3, -0.25) is 9.78 Å². The second-order valence-electron chi connectivity index (χ2n) is 3.42. The Labute approximate surface area is 102 Å². The van der Waals surface area contributed by atoms with Crippen LogP contribution in [0.5, 0.6) is 0 Å². The molecule has 2 aromatic rings. The van der Waals surface area contributed by atoms with Crippen LogP contribution in [0.3, 0.4) is 0 Å². The molecule has 1 atom stereocenters. The highest BCUT2D eigenvalue weighted by Crippen LogP contribution is 2.14. The first-order valence-corrected chi connectivity index (χ1v) is 5.78. The molecule has 2 aromatic heterocycles. The summed E-state index contributed by atoms with van der Waals surface area (Å²) in [4.78, 5) is 15.7. The lowest BCUT2D eigenvalue weighted by molar-refractivity contribution is 0.0939. The Morgan fingerprint density at radius 1 is 1.41 bits per heavy atom. The fraction of sp³-hybridized carbons (Fsp3) is 0.200. The van der Waals surface area contributed by atoms with E-state index in [-0.39, 0.29) is 22.1 Å². The lowest BCUT2D eigenvalue weighted by Crippen LogP contribution is -2.26. The van der Waals surface area contributed by atoms with Gasteiger partial charge in [0.2, 0.25) is 10.1 Å². The van der Waals surface area contributed by atoms with E-state index in [4.69, 9.17) is 5.73 Å². The number of rotatable bonds is 3. The number of amides is 1. The standard InChI is InChI=1S/C10H11N5OS/c1-6(7-2-4-12-5-3-7)13-8(16)9-14-15-10(11)17-9/h2-6H,1H3,(H2,11,15)(H,13,16). The molecule has 0 radical (unpaired) electrons. The summed E-state index contributed by atoms with van der Waals surface area (Å²) in [5.74, 6) is -0.275. The molecule has 2 rings (SSSR count). The van der Waals surface area contributed by atoms with Gasteiger partial charge in [-0.1, -0.05) is 11.3 Å². The normalized spacial score (nSPS) is 12.1. The molecule has 0 aliphatic carbocycles. The highest BCUT2D eigenvalue weighted by molar-refractivity contribution is 7.16. The van der Waals surface area contributed by atoms with Gasteiger partial charge >= 0.3 is 0 Å². The van der Waals surface area contributed by atoms with Crippen LogP contribution in [0.2, 0.25) is 0 Å². The van der Waals surface area contributed by atoms with Crippen molar-refractivity contribution < 1.29 is 4.79 Å². The van der Waals surface area contributed by atoms with Gasteiger partial charge in [-0.05, 0) is 24.6 Å². The van der Waals surface area contributed by atoms with Crippen molar-refractivity contribution in [2.24, 2.45) is 0 Å². The number of nitrogens with one attached hydrogen (secondary N) is 1. The summed E-state index contributed by atoms with van der Waals surface area (Å²) in [5, 5.41) is 10.6. The van der Waals surface area contributed by atoms with Crippen LogP contribution >= 0.6 is 11.3 Å². The fourth-order valence-electron chi connectivity index (χ4n) is 1.32. The molecular formula is C10H11N5OS. The van der Waals surface area contributed by atoms with Crippen LogP contribution < -0.4 is 11.1 Å². The Bertz CT molecular complexity index is 512. The monoisotopic (exact) mass is 249 g/mol. The largest absolute Gasteiger partial charge is 0.374 e. The first kappa shape index (κ1) is 11.5. The summed E-state index contributed by atoms with van der Waals surface area (Å²) >= 11 is 1.06. The molecule has 6 nitrogen and oxygen atoms in total. The zero-order valence-corrected chi connectivity index (χ0v) is 9.94. The van der Waals surface area contributed by atoms with E-state index in [1.165, 1.54) is 0 Å². The van der Waals surface area contributed by atoms with Crippen LogP contribution in [0.15, 0.2) is 24.5 Å². The van der Waals surface area contributed by atoms with Crippen molar-refractivity contribution in [1.29, 1.82) is 0 Å². The van der Waals surface area contributed by atoms with E-state index in [2.05, 4.69) is 20.5 Å². The Morgan fingerprint density at radius 2 is 2.12 bits per heavy atom.